The summed E-state index contributed by atoms with van der Waals surface area (Å²) in [6, 6.07) is 10.4. The number of ether oxygens (including phenoxy) is 2. The van der Waals surface area contributed by atoms with Gasteiger partial charge in [0.25, 0.3) is 5.91 Å². The maximum Gasteiger partial charge on any atom is 0.254 e. The van der Waals surface area contributed by atoms with Crippen LogP contribution in [0.15, 0.2) is 36.4 Å². The Hall–Kier alpha value is -1.95. The van der Waals surface area contributed by atoms with Crippen molar-refractivity contribution in [2.45, 2.75) is 19.1 Å². The van der Waals surface area contributed by atoms with E-state index in [2.05, 4.69) is 0 Å². The second-order valence-electron chi connectivity index (χ2n) is 6.19. The third-order valence-corrected chi connectivity index (χ3v) is 4.91. The smallest absolute Gasteiger partial charge is 0.254 e. The number of methoxy groups -OCH3 is 1. The molecule has 5 nitrogen and oxygen atoms in total. The highest BCUT2D eigenvalue weighted by atomic mass is 35.5. The van der Waals surface area contributed by atoms with Gasteiger partial charge in [-0.2, -0.15) is 0 Å². The largest absolute Gasteiger partial charge is 0.493 e. The van der Waals surface area contributed by atoms with E-state index in [0.717, 1.165) is 12.0 Å². The third kappa shape index (κ3) is 4.23. The quantitative estimate of drug-likeness (QED) is 0.838. The molecule has 0 aromatic heterocycles. The molecule has 3 rings (SSSR count). The molecule has 0 spiro atoms. The van der Waals surface area contributed by atoms with Crippen LogP contribution < -0.4 is 15.2 Å². The fourth-order valence-corrected chi connectivity index (χ4v) is 3.33. The van der Waals surface area contributed by atoms with E-state index in [1.54, 1.807) is 35.2 Å². The molecular weight excluding hydrogens is 375 g/mol. The predicted octanol–water partition coefficient (Wildman–Crippen LogP) is 3.75. The average Bonchev–Trinajstić information content (AvgIpc) is 3.06. The van der Waals surface area contributed by atoms with Crippen LogP contribution in [0.5, 0.6) is 11.5 Å². The molecule has 0 saturated carbocycles. The van der Waals surface area contributed by atoms with Crippen LogP contribution in [0.1, 0.15) is 22.3 Å². The lowest BCUT2D eigenvalue weighted by molar-refractivity contribution is 0.0790. The number of rotatable bonds is 5. The molecule has 1 heterocycles. The van der Waals surface area contributed by atoms with Crippen molar-refractivity contribution in [2.24, 2.45) is 5.73 Å². The van der Waals surface area contributed by atoms with Gasteiger partial charge in [0.2, 0.25) is 0 Å². The van der Waals surface area contributed by atoms with Gasteiger partial charge in [0.05, 0.1) is 7.11 Å². The number of nitrogens with two attached hydrogens (primary N) is 1. The molecule has 1 aliphatic rings. The van der Waals surface area contributed by atoms with Gasteiger partial charge in [-0.25, -0.2) is 0 Å². The Morgan fingerprint density at radius 2 is 2.04 bits per heavy atom. The molecular formula is C19H20Cl2N2O3. The van der Waals surface area contributed by atoms with Crippen LogP contribution >= 0.6 is 23.2 Å². The Labute approximate surface area is 162 Å². The first kappa shape index (κ1) is 18.8. The monoisotopic (exact) mass is 394 g/mol. The van der Waals surface area contributed by atoms with E-state index >= 15 is 0 Å². The Kier molecular flexibility index (Phi) is 5.91. The van der Waals surface area contributed by atoms with Gasteiger partial charge in [-0.15, -0.1) is 0 Å². The second kappa shape index (κ2) is 8.16. The van der Waals surface area contributed by atoms with Crippen LogP contribution in [0, 0.1) is 0 Å². The Bertz CT molecular complexity index is 813. The van der Waals surface area contributed by atoms with Crippen molar-refractivity contribution in [3.63, 3.8) is 0 Å². The molecule has 2 N–H and O–H groups in total. The Morgan fingerprint density at radius 1 is 1.23 bits per heavy atom. The number of halogens is 2. The topological polar surface area (TPSA) is 64.8 Å². The summed E-state index contributed by atoms with van der Waals surface area (Å²) in [5.74, 6) is 0.973. The minimum absolute atomic E-state index is 0.0487. The summed E-state index contributed by atoms with van der Waals surface area (Å²) in [7, 11) is 1.54. The van der Waals surface area contributed by atoms with Crippen molar-refractivity contribution in [3.8, 4) is 11.5 Å². The van der Waals surface area contributed by atoms with E-state index in [9.17, 15) is 4.79 Å². The van der Waals surface area contributed by atoms with E-state index in [1.807, 2.05) is 6.07 Å². The van der Waals surface area contributed by atoms with Gasteiger partial charge in [0, 0.05) is 40.3 Å². The molecule has 0 unspecified atom stereocenters. The highest BCUT2D eigenvalue weighted by Gasteiger charge is 2.25. The van der Waals surface area contributed by atoms with Crippen LogP contribution in [0.3, 0.4) is 0 Å². The lowest BCUT2D eigenvalue weighted by Gasteiger charge is -2.17. The van der Waals surface area contributed by atoms with Crippen molar-refractivity contribution < 1.29 is 14.3 Å². The number of amides is 1. The van der Waals surface area contributed by atoms with Crippen molar-refractivity contribution in [1.82, 2.24) is 4.90 Å². The maximum absolute atomic E-state index is 12.6. The molecule has 0 bridgehead atoms. The number of hydrogen-bond donors (Lipinski definition) is 1. The first-order valence-electron chi connectivity index (χ1n) is 8.27. The summed E-state index contributed by atoms with van der Waals surface area (Å²) in [5, 5.41) is 1.11. The zero-order valence-electron chi connectivity index (χ0n) is 14.4. The molecule has 1 fully saturated rings. The van der Waals surface area contributed by atoms with Gasteiger partial charge < -0.3 is 20.1 Å². The van der Waals surface area contributed by atoms with Crippen molar-refractivity contribution >= 4 is 29.1 Å². The molecule has 1 aliphatic heterocycles. The summed E-state index contributed by atoms with van der Waals surface area (Å²) in [4.78, 5) is 14.3. The van der Waals surface area contributed by atoms with Gasteiger partial charge in [0.1, 0.15) is 6.61 Å². The van der Waals surface area contributed by atoms with Crippen LogP contribution in [0.4, 0.5) is 0 Å². The summed E-state index contributed by atoms with van der Waals surface area (Å²) in [5.41, 5.74) is 7.24. The minimum atomic E-state index is -0.0523. The van der Waals surface area contributed by atoms with Crippen molar-refractivity contribution in [1.29, 1.82) is 0 Å². The van der Waals surface area contributed by atoms with Crippen LogP contribution in [-0.2, 0) is 6.61 Å². The fourth-order valence-electron chi connectivity index (χ4n) is 2.87. The SMILES string of the molecule is COc1cc(C(=O)N2CC[C@@H](N)C2)ccc1OCc1ccc(Cl)cc1Cl. The highest BCUT2D eigenvalue weighted by molar-refractivity contribution is 6.35. The van der Waals surface area contributed by atoms with E-state index < -0.39 is 0 Å². The zero-order valence-corrected chi connectivity index (χ0v) is 15.9. The van der Waals surface area contributed by atoms with Crippen molar-refractivity contribution in [3.05, 3.63) is 57.6 Å². The number of likely N-dealkylation sites (tertiary alicyclic amines) is 1. The van der Waals surface area contributed by atoms with Gasteiger partial charge in [-0.1, -0.05) is 29.3 Å². The lowest BCUT2D eigenvalue weighted by atomic mass is 10.1. The van der Waals surface area contributed by atoms with Crippen LogP contribution in [0.25, 0.3) is 0 Å². The third-order valence-electron chi connectivity index (χ3n) is 4.32. The number of nitrogens with zero attached hydrogens (tertiary/aromatic N) is 1. The normalized spacial score (nSPS) is 16.6. The van der Waals surface area contributed by atoms with Gasteiger partial charge in [0.15, 0.2) is 11.5 Å². The molecule has 2 aromatic carbocycles. The van der Waals surface area contributed by atoms with E-state index in [4.69, 9.17) is 38.4 Å². The zero-order chi connectivity index (χ0) is 18.7. The van der Waals surface area contributed by atoms with Crippen LogP contribution in [0.2, 0.25) is 10.0 Å². The number of carbonyl (C=O) groups excluding carboxylic acids is 1. The van der Waals surface area contributed by atoms with Crippen molar-refractivity contribution in [2.75, 3.05) is 20.2 Å². The molecule has 7 heteroatoms. The first-order chi connectivity index (χ1) is 12.5. The van der Waals surface area contributed by atoms with Gasteiger partial charge in [-0.3, -0.25) is 4.79 Å². The number of carbonyl (C=O) groups is 1. The molecule has 138 valence electrons. The summed E-state index contributed by atoms with van der Waals surface area (Å²) < 4.78 is 11.2. The standard InChI is InChI=1S/C19H20Cl2N2O3/c1-25-18-8-12(19(24)23-7-6-15(22)10-23)3-5-17(18)26-11-13-2-4-14(20)9-16(13)21/h2-5,8-9,15H,6-7,10-11,22H2,1H3/t15-/m1/s1. The fraction of sp³-hybridized carbons (Fsp3) is 0.316. The summed E-state index contributed by atoms with van der Waals surface area (Å²) >= 11 is 12.1. The number of benzene rings is 2. The second-order valence-corrected chi connectivity index (χ2v) is 7.03. The molecule has 0 aliphatic carbocycles. The van der Waals surface area contributed by atoms with E-state index in [0.29, 0.717) is 40.2 Å². The number of hydrogen-bond acceptors (Lipinski definition) is 4. The van der Waals surface area contributed by atoms with E-state index in [-0.39, 0.29) is 18.6 Å². The van der Waals surface area contributed by atoms with Gasteiger partial charge in [-0.05, 0) is 36.8 Å². The first-order valence-corrected chi connectivity index (χ1v) is 9.03. The molecule has 1 saturated heterocycles. The van der Waals surface area contributed by atoms with Gasteiger partial charge >= 0.3 is 0 Å². The maximum atomic E-state index is 12.6. The molecule has 26 heavy (non-hydrogen) atoms. The lowest BCUT2D eigenvalue weighted by Crippen LogP contribution is -2.31. The van der Waals surface area contributed by atoms with E-state index in [1.165, 1.54) is 7.11 Å². The average molecular weight is 395 g/mol. The Balaban J connectivity index is 1.73. The Morgan fingerprint density at radius 3 is 2.69 bits per heavy atom. The highest BCUT2D eigenvalue weighted by Crippen LogP contribution is 2.31. The molecule has 1 atom stereocenters. The molecule has 2 aromatic rings. The molecule has 1 amide bonds. The molecule has 0 radical (unpaired) electrons. The van der Waals surface area contributed by atoms with Crippen LogP contribution in [-0.4, -0.2) is 37.0 Å². The summed E-state index contributed by atoms with van der Waals surface area (Å²) in [6.07, 6.45) is 0.825. The summed E-state index contributed by atoms with van der Waals surface area (Å²) in [6.45, 7) is 1.52. The minimum Gasteiger partial charge on any atom is -0.493 e. The predicted molar refractivity (Wildman–Crippen MR) is 102 cm³/mol.